The Morgan fingerprint density at radius 2 is 1.79 bits per heavy atom. The van der Waals surface area contributed by atoms with Crippen LogP contribution in [-0.2, 0) is 23.2 Å². The van der Waals surface area contributed by atoms with Gasteiger partial charge in [0.2, 0.25) is 5.89 Å². The maximum atomic E-state index is 12.3. The van der Waals surface area contributed by atoms with Gasteiger partial charge in [-0.1, -0.05) is 48.3 Å². The Morgan fingerprint density at radius 1 is 1.08 bits per heavy atom. The summed E-state index contributed by atoms with van der Waals surface area (Å²) < 4.78 is 33.9. The second kappa shape index (κ2) is 7.87. The second-order valence-corrected chi connectivity index (χ2v) is 7.66. The van der Waals surface area contributed by atoms with Crippen LogP contribution < -0.4 is 4.72 Å². The van der Waals surface area contributed by atoms with Crippen molar-refractivity contribution in [2.45, 2.75) is 38.6 Å². The van der Waals surface area contributed by atoms with Gasteiger partial charge in [-0.15, -0.1) is 0 Å². The lowest BCUT2D eigenvalue weighted by molar-refractivity contribution is 0.365. The molecule has 1 saturated heterocycles. The standard InChI is InChI=1S/C16H22N4O3S/c21-24(22,20-10-6-1-2-7-11-20)17-13-16-18-15(19-23-16)12-14-8-4-3-5-9-14/h3-5,8-9,17H,1-2,6-7,10-13H2. The molecule has 0 aliphatic carbocycles. The van der Waals surface area contributed by atoms with Gasteiger partial charge >= 0.3 is 0 Å². The fourth-order valence-electron chi connectivity index (χ4n) is 2.74. The van der Waals surface area contributed by atoms with Crippen LogP contribution in [0.2, 0.25) is 0 Å². The van der Waals surface area contributed by atoms with Crippen molar-refractivity contribution in [2.75, 3.05) is 13.1 Å². The largest absolute Gasteiger partial charge is 0.338 e. The Morgan fingerprint density at radius 3 is 2.50 bits per heavy atom. The second-order valence-electron chi connectivity index (χ2n) is 5.91. The lowest BCUT2D eigenvalue weighted by Gasteiger charge is -2.19. The Balaban J connectivity index is 1.56. The molecule has 0 radical (unpaired) electrons. The number of nitrogens with zero attached hydrogens (tertiary/aromatic N) is 3. The van der Waals surface area contributed by atoms with Gasteiger partial charge in [0.25, 0.3) is 10.2 Å². The van der Waals surface area contributed by atoms with E-state index in [9.17, 15) is 8.42 Å². The maximum absolute atomic E-state index is 12.3. The van der Waals surface area contributed by atoms with Gasteiger partial charge in [-0.2, -0.15) is 22.4 Å². The zero-order valence-corrected chi connectivity index (χ0v) is 14.3. The van der Waals surface area contributed by atoms with Crippen LogP contribution in [0.15, 0.2) is 34.9 Å². The van der Waals surface area contributed by atoms with E-state index in [1.54, 1.807) is 0 Å². The van der Waals surface area contributed by atoms with Crippen LogP contribution >= 0.6 is 0 Å². The first kappa shape index (κ1) is 17.1. The molecular weight excluding hydrogens is 328 g/mol. The van der Waals surface area contributed by atoms with E-state index in [1.165, 1.54) is 4.31 Å². The number of hydrogen-bond acceptors (Lipinski definition) is 5. The summed E-state index contributed by atoms with van der Waals surface area (Å²) >= 11 is 0. The molecule has 0 amide bonds. The van der Waals surface area contributed by atoms with Crippen LogP contribution in [0.4, 0.5) is 0 Å². The molecular formula is C16H22N4O3S. The van der Waals surface area contributed by atoms with Gasteiger partial charge in [0, 0.05) is 19.5 Å². The molecule has 24 heavy (non-hydrogen) atoms. The molecule has 0 saturated carbocycles. The Hall–Kier alpha value is -1.77. The number of aromatic nitrogens is 2. The molecule has 1 fully saturated rings. The van der Waals surface area contributed by atoms with Crippen LogP contribution in [0.3, 0.4) is 0 Å². The van der Waals surface area contributed by atoms with Crippen LogP contribution in [0.1, 0.15) is 43.0 Å². The monoisotopic (exact) mass is 350 g/mol. The normalized spacial score (nSPS) is 16.8. The topological polar surface area (TPSA) is 88.3 Å². The Kier molecular flexibility index (Phi) is 5.60. The number of rotatable bonds is 6. The molecule has 2 heterocycles. The molecule has 1 aromatic heterocycles. The zero-order valence-electron chi connectivity index (χ0n) is 13.5. The van der Waals surface area contributed by atoms with Crippen molar-refractivity contribution >= 4 is 10.2 Å². The quantitative estimate of drug-likeness (QED) is 0.859. The molecule has 1 aromatic carbocycles. The summed E-state index contributed by atoms with van der Waals surface area (Å²) in [5.41, 5.74) is 1.08. The minimum atomic E-state index is -3.50. The number of benzene rings is 1. The summed E-state index contributed by atoms with van der Waals surface area (Å²) in [4.78, 5) is 4.25. The van der Waals surface area contributed by atoms with Crippen molar-refractivity contribution in [3.63, 3.8) is 0 Å². The minimum absolute atomic E-state index is 0.0145. The van der Waals surface area contributed by atoms with Crippen LogP contribution in [0.25, 0.3) is 0 Å². The van der Waals surface area contributed by atoms with E-state index in [4.69, 9.17) is 4.52 Å². The Bertz CT molecular complexity index is 738. The van der Waals surface area contributed by atoms with Crippen LogP contribution in [0, 0.1) is 0 Å². The summed E-state index contributed by atoms with van der Waals surface area (Å²) in [5.74, 6) is 0.824. The first-order chi connectivity index (χ1) is 11.6. The molecule has 130 valence electrons. The Labute approximate surface area is 142 Å². The molecule has 1 aliphatic rings. The molecule has 0 unspecified atom stereocenters. The molecule has 1 N–H and O–H groups in total. The first-order valence-corrected chi connectivity index (χ1v) is 9.67. The average Bonchev–Trinajstić information content (AvgIpc) is 2.84. The minimum Gasteiger partial charge on any atom is -0.338 e. The highest BCUT2D eigenvalue weighted by Crippen LogP contribution is 2.13. The van der Waals surface area contributed by atoms with E-state index in [-0.39, 0.29) is 12.4 Å². The average molecular weight is 350 g/mol. The van der Waals surface area contributed by atoms with Gasteiger partial charge in [0.05, 0.1) is 6.54 Å². The van der Waals surface area contributed by atoms with Gasteiger partial charge in [-0.05, 0) is 18.4 Å². The van der Waals surface area contributed by atoms with Gasteiger partial charge in [-0.25, -0.2) is 0 Å². The summed E-state index contributed by atoms with van der Waals surface area (Å²) in [6.07, 6.45) is 4.53. The first-order valence-electron chi connectivity index (χ1n) is 8.23. The fraction of sp³-hybridized carbons (Fsp3) is 0.500. The van der Waals surface area contributed by atoms with Crippen molar-refractivity contribution < 1.29 is 12.9 Å². The van der Waals surface area contributed by atoms with Gasteiger partial charge in [-0.3, -0.25) is 0 Å². The van der Waals surface area contributed by atoms with E-state index in [0.717, 1.165) is 31.2 Å². The number of hydrogen-bond donors (Lipinski definition) is 1. The van der Waals surface area contributed by atoms with Gasteiger partial charge < -0.3 is 4.52 Å². The highest BCUT2D eigenvalue weighted by atomic mass is 32.2. The van der Waals surface area contributed by atoms with Crippen molar-refractivity contribution in [2.24, 2.45) is 0 Å². The molecule has 1 aliphatic heterocycles. The molecule has 7 nitrogen and oxygen atoms in total. The molecule has 0 spiro atoms. The van der Waals surface area contributed by atoms with Crippen LogP contribution in [0.5, 0.6) is 0 Å². The molecule has 8 heteroatoms. The lowest BCUT2D eigenvalue weighted by atomic mass is 10.1. The lowest BCUT2D eigenvalue weighted by Crippen LogP contribution is -2.40. The van der Waals surface area contributed by atoms with Crippen molar-refractivity contribution in [1.82, 2.24) is 19.2 Å². The van der Waals surface area contributed by atoms with Crippen LogP contribution in [-0.4, -0.2) is 36.0 Å². The summed E-state index contributed by atoms with van der Waals surface area (Å²) in [7, 11) is -3.50. The molecule has 3 rings (SSSR count). The van der Waals surface area contributed by atoms with E-state index in [2.05, 4.69) is 14.9 Å². The summed E-state index contributed by atoms with van der Waals surface area (Å²) in [6, 6.07) is 9.82. The molecule has 0 bridgehead atoms. The predicted octanol–water partition coefficient (Wildman–Crippen LogP) is 1.87. The highest BCUT2D eigenvalue weighted by molar-refractivity contribution is 7.87. The SMILES string of the molecule is O=S(=O)(NCc1nc(Cc2ccccc2)no1)N1CCCCCC1. The van der Waals surface area contributed by atoms with Crippen molar-refractivity contribution in [3.05, 3.63) is 47.6 Å². The van der Waals surface area contributed by atoms with Gasteiger partial charge in [0.1, 0.15) is 0 Å². The number of nitrogens with one attached hydrogen (secondary N) is 1. The predicted molar refractivity (Wildman–Crippen MR) is 89.3 cm³/mol. The fourth-order valence-corrected chi connectivity index (χ4v) is 3.97. The highest BCUT2D eigenvalue weighted by Gasteiger charge is 2.23. The van der Waals surface area contributed by atoms with Gasteiger partial charge in [0.15, 0.2) is 5.82 Å². The van der Waals surface area contributed by atoms with Crippen molar-refractivity contribution in [1.29, 1.82) is 0 Å². The third kappa shape index (κ3) is 4.62. The summed E-state index contributed by atoms with van der Waals surface area (Å²) in [5, 5.41) is 3.91. The summed E-state index contributed by atoms with van der Waals surface area (Å²) in [6.45, 7) is 1.15. The maximum Gasteiger partial charge on any atom is 0.279 e. The van der Waals surface area contributed by atoms with Crippen molar-refractivity contribution in [3.8, 4) is 0 Å². The third-order valence-electron chi connectivity index (χ3n) is 4.03. The molecule has 2 aromatic rings. The van der Waals surface area contributed by atoms with E-state index in [1.807, 2.05) is 30.3 Å². The smallest absolute Gasteiger partial charge is 0.279 e. The molecule has 0 atom stereocenters. The zero-order chi connectivity index (χ0) is 16.8. The van der Waals surface area contributed by atoms with E-state index < -0.39 is 10.2 Å². The van der Waals surface area contributed by atoms with E-state index in [0.29, 0.717) is 25.3 Å². The third-order valence-corrected chi connectivity index (χ3v) is 5.58. The van der Waals surface area contributed by atoms with E-state index >= 15 is 0 Å².